The number of oxazole rings is 1. The highest BCUT2D eigenvalue weighted by molar-refractivity contribution is 5.81. The molecule has 0 radical (unpaired) electrons. The van der Waals surface area contributed by atoms with Crippen molar-refractivity contribution in [2.75, 3.05) is 5.32 Å². The smallest absolute Gasteiger partial charge is 0.296 e. The van der Waals surface area contributed by atoms with Gasteiger partial charge in [-0.25, -0.2) is 0 Å². The Balaban J connectivity index is 1.62. The van der Waals surface area contributed by atoms with E-state index in [9.17, 15) is 0 Å². The Bertz CT molecular complexity index is 945. The predicted octanol–water partition coefficient (Wildman–Crippen LogP) is 5.67. The number of nitrogens with zero attached hydrogens (tertiary/aromatic N) is 1. The van der Waals surface area contributed by atoms with Gasteiger partial charge in [0.1, 0.15) is 5.52 Å². The first-order valence-electron chi connectivity index (χ1n) is 8.07. The SMILES string of the molecule is CC(Nc1nc2cc(-c3ccccc3)ccc2o1)c1ccccc1. The lowest BCUT2D eigenvalue weighted by atomic mass is 10.1. The second kappa shape index (κ2) is 6.20. The zero-order chi connectivity index (χ0) is 16.4. The average molecular weight is 314 g/mol. The molecule has 3 aromatic carbocycles. The van der Waals surface area contributed by atoms with Crippen molar-refractivity contribution in [2.24, 2.45) is 0 Å². The summed E-state index contributed by atoms with van der Waals surface area (Å²) in [4.78, 5) is 4.59. The van der Waals surface area contributed by atoms with E-state index in [1.807, 2.05) is 42.5 Å². The van der Waals surface area contributed by atoms with Crippen LogP contribution in [0.3, 0.4) is 0 Å². The van der Waals surface area contributed by atoms with E-state index < -0.39 is 0 Å². The van der Waals surface area contributed by atoms with Gasteiger partial charge in [0.25, 0.3) is 6.01 Å². The van der Waals surface area contributed by atoms with Crippen molar-refractivity contribution in [3.05, 3.63) is 84.4 Å². The van der Waals surface area contributed by atoms with E-state index in [0.717, 1.165) is 16.7 Å². The predicted molar refractivity (Wildman–Crippen MR) is 97.9 cm³/mol. The molecule has 0 spiro atoms. The first-order chi connectivity index (χ1) is 11.8. The number of fused-ring (bicyclic) bond motifs is 1. The second-order valence-electron chi connectivity index (χ2n) is 5.84. The molecule has 0 saturated heterocycles. The Morgan fingerprint density at radius 3 is 2.29 bits per heavy atom. The summed E-state index contributed by atoms with van der Waals surface area (Å²) in [5.74, 6) is 0. The lowest BCUT2D eigenvalue weighted by Crippen LogP contribution is -2.06. The summed E-state index contributed by atoms with van der Waals surface area (Å²) >= 11 is 0. The van der Waals surface area contributed by atoms with Crippen molar-refractivity contribution in [3.8, 4) is 11.1 Å². The Morgan fingerprint density at radius 1 is 0.833 bits per heavy atom. The van der Waals surface area contributed by atoms with Crippen LogP contribution in [0.2, 0.25) is 0 Å². The first-order valence-corrected chi connectivity index (χ1v) is 8.07. The van der Waals surface area contributed by atoms with Crippen molar-refractivity contribution >= 4 is 17.1 Å². The summed E-state index contributed by atoms with van der Waals surface area (Å²) in [7, 11) is 0. The van der Waals surface area contributed by atoms with E-state index in [-0.39, 0.29) is 6.04 Å². The minimum Gasteiger partial charge on any atom is -0.424 e. The molecule has 1 atom stereocenters. The summed E-state index contributed by atoms with van der Waals surface area (Å²) in [5, 5.41) is 3.33. The van der Waals surface area contributed by atoms with Crippen LogP contribution in [-0.2, 0) is 0 Å². The van der Waals surface area contributed by atoms with Gasteiger partial charge in [0, 0.05) is 0 Å². The zero-order valence-corrected chi connectivity index (χ0v) is 13.4. The fourth-order valence-corrected chi connectivity index (χ4v) is 2.81. The standard InChI is InChI=1S/C21H18N2O/c1-15(16-8-4-2-5-9-16)22-21-23-19-14-18(12-13-20(19)24-21)17-10-6-3-7-11-17/h2-15H,1H3,(H,22,23). The van der Waals surface area contributed by atoms with Gasteiger partial charge in [-0.05, 0) is 35.7 Å². The van der Waals surface area contributed by atoms with E-state index in [2.05, 4.69) is 53.6 Å². The number of hydrogen-bond donors (Lipinski definition) is 1. The van der Waals surface area contributed by atoms with Crippen molar-refractivity contribution in [1.82, 2.24) is 4.98 Å². The van der Waals surface area contributed by atoms with Gasteiger partial charge in [0.05, 0.1) is 6.04 Å². The second-order valence-corrected chi connectivity index (χ2v) is 5.84. The molecule has 0 fully saturated rings. The average Bonchev–Trinajstić information content (AvgIpc) is 3.04. The first kappa shape index (κ1) is 14.5. The molecule has 1 unspecified atom stereocenters. The molecule has 4 aromatic rings. The van der Waals surface area contributed by atoms with Crippen molar-refractivity contribution < 1.29 is 4.42 Å². The lowest BCUT2D eigenvalue weighted by molar-refractivity contribution is 0.604. The maximum Gasteiger partial charge on any atom is 0.296 e. The summed E-state index contributed by atoms with van der Waals surface area (Å²) in [6.45, 7) is 2.10. The maximum atomic E-state index is 5.83. The number of anilines is 1. The van der Waals surface area contributed by atoms with Gasteiger partial charge in [-0.2, -0.15) is 4.98 Å². The molecule has 0 bridgehead atoms. The number of benzene rings is 3. The summed E-state index contributed by atoms with van der Waals surface area (Å²) < 4.78 is 5.83. The van der Waals surface area contributed by atoms with Crippen molar-refractivity contribution in [3.63, 3.8) is 0 Å². The van der Waals surface area contributed by atoms with Crippen LogP contribution in [0.15, 0.2) is 83.3 Å². The molecule has 1 aromatic heterocycles. The van der Waals surface area contributed by atoms with E-state index in [4.69, 9.17) is 4.42 Å². The van der Waals surface area contributed by atoms with Gasteiger partial charge in [0.2, 0.25) is 0 Å². The normalized spacial score (nSPS) is 12.2. The molecule has 0 amide bonds. The Morgan fingerprint density at radius 2 is 1.54 bits per heavy atom. The third kappa shape index (κ3) is 2.88. The quantitative estimate of drug-likeness (QED) is 0.527. The van der Waals surface area contributed by atoms with Crippen LogP contribution in [0, 0.1) is 0 Å². The third-order valence-electron chi connectivity index (χ3n) is 4.13. The summed E-state index contributed by atoms with van der Waals surface area (Å²) in [5.41, 5.74) is 5.16. The minimum atomic E-state index is 0.132. The molecular formula is C21H18N2O. The molecule has 1 heterocycles. The van der Waals surface area contributed by atoms with Crippen molar-refractivity contribution in [1.29, 1.82) is 0 Å². The van der Waals surface area contributed by atoms with Crippen molar-refractivity contribution in [2.45, 2.75) is 13.0 Å². The lowest BCUT2D eigenvalue weighted by Gasteiger charge is -2.11. The highest BCUT2D eigenvalue weighted by Gasteiger charge is 2.11. The topological polar surface area (TPSA) is 38.1 Å². The van der Waals surface area contributed by atoms with Gasteiger partial charge >= 0.3 is 0 Å². The fraction of sp³-hybridized carbons (Fsp3) is 0.0952. The molecule has 118 valence electrons. The number of hydrogen-bond acceptors (Lipinski definition) is 3. The van der Waals surface area contributed by atoms with Crippen LogP contribution in [0.5, 0.6) is 0 Å². The molecule has 1 N–H and O–H groups in total. The minimum absolute atomic E-state index is 0.132. The zero-order valence-electron chi connectivity index (χ0n) is 13.4. The monoisotopic (exact) mass is 314 g/mol. The largest absolute Gasteiger partial charge is 0.424 e. The Labute approximate surface area is 141 Å². The van der Waals surface area contributed by atoms with E-state index in [1.165, 1.54) is 11.1 Å². The highest BCUT2D eigenvalue weighted by atomic mass is 16.4. The third-order valence-corrected chi connectivity index (χ3v) is 4.13. The van der Waals surface area contributed by atoms with Crippen LogP contribution in [0.1, 0.15) is 18.5 Å². The van der Waals surface area contributed by atoms with Gasteiger partial charge < -0.3 is 9.73 Å². The molecule has 24 heavy (non-hydrogen) atoms. The molecular weight excluding hydrogens is 296 g/mol. The Kier molecular flexibility index (Phi) is 3.75. The van der Waals surface area contributed by atoms with Crippen LogP contribution < -0.4 is 5.32 Å². The summed E-state index contributed by atoms with van der Waals surface area (Å²) in [6, 6.07) is 27.3. The van der Waals surface area contributed by atoms with Crippen LogP contribution in [0.25, 0.3) is 22.2 Å². The maximum absolute atomic E-state index is 5.83. The van der Waals surface area contributed by atoms with Gasteiger partial charge in [0.15, 0.2) is 5.58 Å². The number of nitrogens with one attached hydrogen (secondary N) is 1. The van der Waals surface area contributed by atoms with Gasteiger partial charge in [-0.1, -0.05) is 66.7 Å². The van der Waals surface area contributed by atoms with Gasteiger partial charge in [-0.3, -0.25) is 0 Å². The Hall–Kier alpha value is -3.07. The van der Waals surface area contributed by atoms with Crippen LogP contribution >= 0.6 is 0 Å². The van der Waals surface area contributed by atoms with Crippen LogP contribution in [0.4, 0.5) is 6.01 Å². The molecule has 4 rings (SSSR count). The molecule has 0 aliphatic carbocycles. The van der Waals surface area contributed by atoms with E-state index in [1.54, 1.807) is 0 Å². The van der Waals surface area contributed by atoms with E-state index in [0.29, 0.717) is 6.01 Å². The molecule has 3 heteroatoms. The number of aromatic nitrogens is 1. The highest BCUT2D eigenvalue weighted by Crippen LogP contribution is 2.27. The molecule has 0 aliphatic rings. The van der Waals surface area contributed by atoms with Gasteiger partial charge in [-0.15, -0.1) is 0 Å². The fourth-order valence-electron chi connectivity index (χ4n) is 2.81. The number of rotatable bonds is 4. The van der Waals surface area contributed by atoms with E-state index >= 15 is 0 Å². The molecule has 0 aliphatic heterocycles. The molecule has 0 saturated carbocycles. The summed E-state index contributed by atoms with van der Waals surface area (Å²) in [6.07, 6.45) is 0. The molecule has 3 nitrogen and oxygen atoms in total. The van der Waals surface area contributed by atoms with Crippen LogP contribution in [-0.4, -0.2) is 4.98 Å².